The number of pyridine rings is 1. The van der Waals surface area contributed by atoms with Crippen molar-refractivity contribution < 1.29 is 22.7 Å². The van der Waals surface area contributed by atoms with Crippen LogP contribution >= 0.6 is 23.2 Å². The third-order valence-electron chi connectivity index (χ3n) is 4.57. The van der Waals surface area contributed by atoms with E-state index in [1.807, 2.05) is 0 Å². The van der Waals surface area contributed by atoms with Gasteiger partial charge in [0.2, 0.25) is 0 Å². The van der Waals surface area contributed by atoms with Gasteiger partial charge in [-0.2, -0.15) is 13.2 Å². The molecular weight excluding hydrogens is 416 g/mol. The molecule has 0 amide bonds. The Balaban J connectivity index is 2.13. The van der Waals surface area contributed by atoms with Crippen molar-refractivity contribution in [3.05, 3.63) is 62.5 Å². The van der Waals surface area contributed by atoms with E-state index in [0.717, 1.165) is 6.07 Å². The predicted octanol–water partition coefficient (Wildman–Crippen LogP) is 5.58. The van der Waals surface area contributed by atoms with Crippen LogP contribution in [-0.2, 0) is 24.4 Å². The monoisotopic (exact) mass is 430 g/mol. The van der Waals surface area contributed by atoms with E-state index in [1.54, 1.807) is 17.7 Å². The fraction of sp³-hybridized carbons (Fsp3) is 0.263. The Morgan fingerprint density at radius 1 is 1.25 bits per heavy atom. The van der Waals surface area contributed by atoms with Crippen LogP contribution < -0.4 is 0 Å². The van der Waals surface area contributed by atoms with Gasteiger partial charge in [-0.25, -0.2) is 9.78 Å². The Kier molecular flexibility index (Phi) is 5.34. The molecule has 1 aromatic carbocycles. The third kappa shape index (κ3) is 3.56. The third-order valence-corrected chi connectivity index (χ3v) is 5.36. The average molecular weight is 431 g/mol. The predicted molar refractivity (Wildman–Crippen MR) is 101 cm³/mol. The molecular formula is C19H15Cl2F3N2O2. The van der Waals surface area contributed by atoms with Crippen molar-refractivity contribution in [2.45, 2.75) is 19.5 Å². The lowest BCUT2D eigenvalue weighted by atomic mass is 10.1. The minimum absolute atomic E-state index is 0.149. The maximum absolute atomic E-state index is 13.1. The first-order valence-electron chi connectivity index (χ1n) is 8.13. The van der Waals surface area contributed by atoms with Crippen LogP contribution in [0.1, 0.15) is 33.0 Å². The molecule has 3 aromatic rings. The number of halogens is 5. The molecule has 2 heterocycles. The lowest BCUT2D eigenvalue weighted by molar-refractivity contribution is -0.141. The second kappa shape index (κ2) is 7.29. The molecule has 0 aliphatic carbocycles. The molecule has 28 heavy (non-hydrogen) atoms. The number of fused-ring (bicyclic) bond motifs is 1. The molecule has 0 unspecified atom stereocenters. The van der Waals surface area contributed by atoms with Crippen LogP contribution in [0.5, 0.6) is 0 Å². The van der Waals surface area contributed by atoms with Crippen molar-refractivity contribution in [3.8, 4) is 0 Å². The van der Waals surface area contributed by atoms with Gasteiger partial charge in [0.15, 0.2) is 0 Å². The minimum Gasteiger partial charge on any atom is -0.465 e. The number of benzene rings is 1. The molecule has 2 aromatic heterocycles. The first-order valence-corrected chi connectivity index (χ1v) is 8.88. The van der Waals surface area contributed by atoms with Crippen LogP contribution in [0, 0.1) is 6.92 Å². The van der Waals surface area contributed by atoms with Crippen molar-refractivity contribution >= 4 is 40.1 Å². The number of alkyl halides is 3. The first kappa shape index (κ1) is 20.5. The number of hydrogen-bond donors (Lipinski definition) is 0. The van der Waals surface area contributed by atoms with Gasteiger partial charge in [-0.15, -0.1) is 0 Å². The number of methoxy groups -OCH3 is 1. The molecule has 0 saturated heterocycles. The summed E-state index contributed by atoms with van der Waals surface area (Å²) in [4.78, 5) is 15.5. The Morgan fingerprint density at radius 2 is 1.93 bits per heavy atom. The Morgan fingerprint density at radius 3 is 2.54 bits per heavy atom. The summed E-state index contributed by atoms with van der Waals surface area (Å²) < 4.78 is 45.6. The second-order valence-electron chi connectivity index (χ2n) is 6.27. The van der Waals surface area contributed by atoms with Crippen molar-refractivity contribution in [1.29, 1.82) is 0 Å². The topological polar surface area (TPSA) is 44.1 Å². The fourth-order valence-corrected chi connectivity index (χ4v) is 3.64. The van der Waals surface area contributed by atoms with Gasteiger partial charge in [-0.05, 0) is 36.8 Å². The number of esters is 1. The van der Waals surface area contributed by atoms with Gasteiger partial charge in [0.25, 0.3) is 0 Å². The van der Waals surface area contributed by atoms with E-state index in [2.05, 4.69) is 4.98 Å². The van der Waals surface area contributed by atoms with Crippen LogP contribution in [0.15, 0.2) is 24.3 Å². The molecule has 148 valence electrons. The molecule has 4 nitrogen and oxygen atoms in total. The molecule has 0 atom stereocenters. The summed E-state index contributed by atoms with van der Waals surface area (Å²) in [5.41, 5.74) is 1.04. The lowest BCUT2D eigenvalue weighted by Crippen LogP contribution is -2.09. The fourth-order valence-electron chi connectivity index (χ4n) is 3.06. The number of aromatic nitrogens is 2. The van der Waals surface area contributed by atoms with E-state index < -0.39 is 17.8 Å². The maximum Gasteiger partial charge on any atom is 0.433 e. The zero-order chi connectivity index (χ0) is 20.8. The van der Waals surface area contributed by atoms with Crippen LogP contribution in [0.3, 0.4) is 0 Å². The zero-order valence-electron chi connectivity index (χ0n) is 15.1. The summed E-state index contributed by atoms with van der Waals surface area (Å²) >= 11 is 12.6. The van der Waals surface area contributed by atoms with E-state index in [1.165, 1.54) is 26.2 Å². The molecule has 0 radical (unpaired) electrons. The Bertz CT molecular complexity index is 1090. The number of carbonyl (C=O) groups is 1. The molecule has 0 aliphatic rings. The molecule has 0 N–H and O–H groups in total. The number of aryl methyl sites for hydroxylation is 2. The standard InChI is InChI=1S/C19H15Cl2F3N2O2/c1-9-12-6-10(26(2)15(12)8-16(25-9)19(22,23)24)7-13-14(20)5-4-11(17(13)21)18(27)28-3/h4-6,8H,7H2,1-3H3. The summed E-state index contributed by atoms with van der Waals surface area (Å²) in [6.45, 7) is 1.53. The number of hydrogen-bond acceptors (Lipinski definition) is 3. The van der Waals surface area contributed by atoms with Gasteiger partial charge in [0.05, 0.1) is 23.2 Å². The molecule has 0 aliphatic heterocycles. The summed E-state index contributed by atoms with van der Waals surface area (Å²) in [5.74, 6) is -0.602. The summed E-state index contributed by atoms with van der Waals surface area (Å²) in [6, 6.07) is 5.76. The van der Waals surface area contributed by atoms with E-state index in [4.69, 9.17) is 27.9 Å². The SMILES string of the molecule is COC(=O)c1ccc(Cl)c(Cc2cc3c(C)nc(C(F)(F)F)cc3n2C)c1Cl. The summed E-state index contributed by atoms with van der Waals surface area (Å²) in [7, 11) is 2.90. The van der Waals surface area contributed by atoms with Crippen molar-refractivity contribution in [1.82, 2.24) is 9.55 Å². The maximum atomic E-state index is 13.1. The number of ether oxygens (including phenoxy) is 1. The largest absolute Gasteiger partial charge is 0.465 e. The van der Waals surface area contributed by atoms with E-state index in [0.29, 0.717) is 27.2 Å². The number of rotatable bonds is 3. The van der Waals surface area contributed by atoms with Crippen LogP contribution in [0.4, 0.5) is 13.2 Å². The smallest absolute Gasteiger partial charge is 0.433 e. The number of carbonyl (C=O) groups excluding carboxylic acids is 1. The molecule has 0 spiro atoms. The summed E-state index contributed by atoms with van der Waals surface area (Å²) in [5, 5.41) is 1.09. The van der Waals surface area contributed by atoms with Crippen LogP contribution in [0.25, 0.3) is 10.9 Å². The first-order chi connectivity index (χ1) is 13.0. The highest BCUT2D eigenvalue weighted by atomic mass is 35.5. The Labute approximate surface area is 168 Å². The van der Waals surface area contributed by atoms with Gasteiger partial charge < -0.3 is 9.30 Å². The van der Waals surface area contributed by atoms with Crippen LogP contribution in [-0.4, -0.2) is 22.6 Å². The molecule has 9 heteroatoms. The zero-order valence-corrected chi connectivity index (χ0v) is 16.6. The van der Waals surface area contributed by atoms with Crippen molar-refractivity contribution in [2.75, 3.05) is 7.11 Å². The molecule has 3 rings (SSSR count). The van der Waals surface area contributed by atoms with Gasteiger partial charge in [0, 0.05) is 35.3 Å². The minimum atomic E-state index is -4.54. The highest BCUT2D eigenvalue weighted by molar-refractivity contribution is 6.38. The lowest BCUT2D eigenvalue weighted by Gasteiger charge is -2.12. The van der Waals surface area contributed by atoms with Gasteiger partial charge in [0.1, 0.15) is 5.69 Å². The highest BCUT2D eigenvalue weighted by Gasteiger charge is 2.33. The average Bonchev–Trinajstić information content (AvgIpc) is 2.94. The van der Waals surface area contributed by atoms with E-state index in [9.17, 15) is 18.0 Å². The van der Waals surface area contributed by atoms with Crippen molar-refractivity contribution in [2.24, 2.45) is 7.05 Å². The highest BCUT2D eigenvalue weighted by Crippen LogP contribution is 2.34. The number of nitrogens with zero attached hydrogens (tertiary/aromatic N) is 2. The summed E-state index contributed by atoms with van der Waals surface area (Å²) in [6.07, 6.45) is -4.32. The quantitative estimate of drug-likeness (QED) is 0.509. The van der Waals surface area contributed by atoms with Crippen molar-refractivity contribution in [3.63, 3.8) is 0 Å². The normalized spacial score (nSPS) is 11.9. The van der Waals surface area contributed by atoms with E-state index in [-0.39, 0.29) is 22.7 Å². The van der Waals surface area contributed by atoms with Crippen LogP contribution in [0.2, 0.25) is 10.0 Å². The van der Waals surface area contributed by atoms with E-state index >= 15 is 0 Å². The van der Waals surface area contributed by atoms with Gasteiger partial charge >= 0.3 is 12.1 Å². The second-order valence-corrected chi connectivity index (χ2v) is 7.06. The Hall–Kier alpha value is -2.25. The van der Waals surface area contributed by atoms with Gasteiger partial charge in [-0.3, -0.25) is 0 Å². The molecule has 0 bridgehead atoms. The van der Waals surface area contributed by atoms with Gasteiger partial charge in [-0.1, -0.05) is 23.2 Å². The molecule has 0 fully saturated rings. The molecule has 0 saturated carbocycles.